The number of ether oxygens (including phenoxy) is 2. The number of hydrogen-bond acceptors (Lipinski definition) is 4. The van der Waals surface area contributed by atoms with E-state index in [9.17, 15) is 14.7 Å². The van der Waals surface area contributed by atoms with Crippen molar-refractivity contribution >= 4 is 17.7 Å². The van der Waals surface area contributed by atoms with Gasteiger partial charge in [-0.1, -0.05) is 18.2 Å². The van der Waals surface area contributed by atoms with E-state index in [2.05, 4.69) is 4.74 Å². The second-order valence-electron chi connectivity index (χ2n) is 5.06. The van der Waals surface area contributed by atoms with Gasteiger partial charge >= 0.3 is 12.1 Å². The largest absolute Gasteiger partial charge is 0.467 e. The normalized spacial score (nSPS) is 17.8. The molecule has 108 valence electrons. The standard InChI is InChI=1S/C14H17NO5/c1-14(2,12(16)19-3)20-11-8-9-6-4-5-7-10(9)15(11)13(17)18/h4-7,11H,8H2,1-3H3,(H,17,18). The van der Waals surface area contributed by atoms with Gasteiger partial charge in [0.05, 0.1) is 12.8 Å². The Hall–Kier alpha value is -2.08. The molecule has 1 atom stereocenters. The van der Waals surface area contributed by atoms with Crippen LogP contribution in [-0.4, -0.2) is 36.1 Å². The lowest BCUT2D eigenvalue weighted by atomic mass is 10.1. The van der Waals surface area contributed by atoms with Gasteiger partial charge in [-0.15, -0.1) is 0 Å². The highest BCUT2D eigenvalue weighted by molar-refractivity contribution is 5.89. The van der Waals surface area contributed by atoms with Crippen LogP contribution in [-0.2, 0) is 20.7 Å². The van der Waals surface area contributed by atoms with Crippen molar-refractivity contribution < 1.29 is 24.2 Å². The topological polar surface area (TPSA) is 76.1 Å². The number of anilines is 1. The molecule has 1 N–H and O–H groups in total. The van der Waals surface area contributed by atoms with Crippen LogP contribution in [0.15, 0.2) is 24.3 Å². The molecule has 1 aliphatic heterocycles. The van der Waals surface area contributed by atoms with Gasteiger partial charge in [-0.3, -0.25) is 4.90 Å². The lowest BCUT2D eigenvalue weighted by Gasteiger charge is -2.30. The van der Waals surface area contributed by atoms with Crippen molar-refractivity contribution in [2.24, 2.45) is 0 Å². The third kappa shape index (κ3) is 2.46. The molecule has 0 bridgehead atoms. The van der Waals surface area contributed by atoms with E-state index in [4.69, 9.17) is 4.74 Å². The summed E-state index contributed by atoms with van der Waals surface area (Å²) in [5.41, 5.74) is 0.251. The molecule has 1 heterocycles. The van der Waals surface area contributed by atoms with Crippen molar-refractivity contribution in [3.05, 3.63) is 29.8 Å². The van der Waals surface area contributed by atoms with Crippen molar-refractivity contribution in [2.45, 2.75) is 32.1 Å². The van der Waals surface area contributed by atoms with Crippen LogP contribution in [0.3, 0.4) is 0 Å². The van der Waals surface area contributed by atoms with Crippen LogP contribution in [0.1, 0.15) is 19.4 Å². The zero-order valence-electron chi connectivity index (χ0n) is 11.6. The molecule has 1 aromatic rings. The van der Waals surface area contributed by atoms with Crippen LogP contribution in [0.2, 0.25) is 0 Å². The summed E-state index contributed by atoms with van der Waals surface area (Å²) < 4.78 is 10.3. The number of carbonyl (C=O) groups is 2. The van der Waals surface area contributed by atoms with E-state index in [-0.39, 0.29) is 0 Å². The number of carbonyl (C=O) groups excluding carboxylic acids is 1. The lowest BCUT2D eigenvalue weighted by Crippen LogP contribution is -2.47. The summed E-state index contributed by atoms with van der Waals surface area (Å²) in [5.74, 6) is -0.543. The lowest BCUT2D eigenvalue weighted by molar-refractivity contribution is -0.171. The van der Waals surface area contributed by atoms with Crippen molar-refractivity contribution in [3.8, 4) is 0 Å². The van der Waals surface area contributed by atoms with Crippen LogP contribution in [0, 0.1) is 0 Å². The zero-order valence-corrected chi connectivity index (χ0v) is 11.6. The average molecular weight is 279 g/mol. The van der Waals surface area contributed by atoms with E-state index in [1.54, 1.807) is 26.0 Å². The Morgan fingerprint density at radius 3 is 2.60 bits per heavy atom. The number of rotatable bonds is 3. The SMILES string of the molecule is COC(=O)C(C)(C)OC1Cc2ccccc2N1C(=O)O. The Kier molecular flexibility index (Phi) is 3.67. The number of carboxylic acid groups (broad SMARTS) is 1. The first-order valence-electron chi connectivity index (χ1n) is 6.23. The highest BCUT2D eigenvalue weighted by Gasteiger charge is 2.41. The minimum Gasteiger partial charge on any atom is -0.467 e. The summed E-state index contributed by atoms with van der Waals surface area (Å²) in [4.78, 5) is 24.2. The molecule has 2 rings (SSSR count). The van der Waals surface area contributed by atoms with Gasteiger partial charge in [0.1, 0.15) is 6.23 Å². The van der Waals surface area contributed by atoms with Gasteiger partial charge in [0.15, 0.2) is 5.60 Å². The third-order valence-corrected chi connectivity index (χ3v) is 3.25. The van der Waals surface area contributed by atoms with Gasteiger partial charge in [-0.25, -0.2) is 9.59 Å². The summed E-state index contributed by atoms with van der Waals surface area (Å²) in [5, 5.41) is 9.35. The summed E-state index contributed by atoms with van der Waals surface area (Å²) >= 11 is 0. The average Bonchev–Trinajstić information content (AvgIpc) is 2.74. The van der Waals surface area contributed by atoms with E-state index in [1.165, 1.54) is 7.11 Å². The van der Waals surface area contributed by atoms with E-state index >= 15 is 0 Å². The summed E-state index contributed by atoms with van der Waals surface area (Å²) in [6, 6.07) is 7.17. The number of para-hydroxylation sites is 1. The third-order valence-electron chi connectivity index (χ3n) is 3.25. The maximum absolute atomic E-state index is 11.7. The number of nitrogens with zero attached hydrogens (tertiary/aromatic N) is 1. The Balaban J connectivity index is 2.26. The monoisotopic (exact) mass is 279 g/mol. The van der Waals surface area contributed by atoms with Gasteiger partial charge in [0.2, 0.25) is 0 Å². The molecule has 0 fully saturated rings. The summed E-state index contributed by atoms with van der Waals surface area (Å²) in [6.45, 7) is 3.11. The number of hydrogen-bond donors (Lipinski definition) is 1. The van der Waals surface area contributed by atoms with Crippen LogP contribution < -0.4 is 4.90 Å². The smallest absolute Gasteiger partial charge is 0.413 e. The maximum Gasteiger partial charge on any atom is 0.413 e. The van der Waals surface area contributed by atoms with Gasteiger partial charge in [-0.2, -0.15) is 0 Å². The highest BCUT2D eigenvalue weighted by Crippen LogP contribution is 2.34. The molecule has 6 heteroatoms. The minimum atomic E-state index is -1.21. The first kappa shape index (κ1) is 14.3. The number of methoxy groups -OCH3 is 1. The Bertz CT molecular complexity index is 540. The van der Waals surface area contributed by atoms with E-state index in [0.29, 0.717) is 12.1 Å². The number of amides is 1. The molecule has 0 radical (unpaired) electrons. The molecule has 0 saturated heterocycles. The Morgan fingerprint density at radius 1 is 1.35 bits per heavy atom. The molecule has 6 nitrogen and oxygen atoms in total. The van der Waals surface area contributed by atoms with Crippen LogP contribution in [0.4, 0.5) is 10.5 Å². The Labute approximate surface area is 116 Å². The summed E-state index contributed by atoms with van der Waals surface area (Å²) in [7, 11) is 1.27. The summed E-state index contributed by atoms with van der Waals surface area (Å²) in [6.07, 6.45) is -1.44. The predicted octanol–water partition coefficient (Wildman–Crippen LogP) is 2.02. The molecule has 0 saturated carbocycles. The number of benzene rings is 1. The Morgan fingerprint density at radius 2 is 2.00 bits per heavy atom. The van der Waals surface area contributed by atoms with Gasteiger partial charge in [-0.05, 0) is 25.5 Å². The molecular formula is C14H17NO5. The molecule has 20 heavy (non-hydrogen) atoms. The van der Waals surface area contributed by atoms with Gasteiger partial charge < -0.3 is 14.6 Å². The predicted molar refractivity (Wildman–Crippen MR) is 71.6 cm³/mol. The van der Waals surface area contributed by atoms with Crippen molar-refractivity contribution in [3.63, 3.8) is 0 Å². The molecular weight excluding hydrogens is 262 g/mol. The minimum absolute atomic E-state index is 0.406. The first-order chi connectivity index (χ1) is 9.36. The molecule has 1 amide bonds. The fraction of sp³-hybridized carbons (Fsp3) is 0.429. The second-order valence-corrected chi connectivity index (χ2v) is 5.06. The molecule has 0 spiro atoms. The van der Waals surface area contributed by atoms with Crippen molar-refractivity contribution in [1.82, 2.24) is 0 Å². The van der Waals surface area contributed by atoms with Crippen molar-refractivity contribution in [1.29, 1.82) is 0 Å². The molecule has 0 aromatic heterocycles. The first-order valence-corrected chi connectivity index (χ1v) is 6.23. The van der Waals surface area contributed by atoms with Gasteiger partial charge in [0, 0.05) is 6.42 Å². The fourth-order valence-corrected chi connectivity index (χ4v) is 2.31. The zero-order chi connectivity index (χ0) is 14.9. The van der Waals surface area contributed by atoms with Crippen LogP contribution in [0.5, 0.6) is 0 Å². The van der Waals surface area contributed by atoms with Crippen molar-refractivity contribution in [2.75, 3.05) is 12.0 Å². The van der Waals surface area contributed by atoms with E-state index < -0.39 is 23.9 Å². The number of esters is 1. The van der Waals surface area contributed by atoms with E-state index in [0.717, 1.165) is 10.5 Å². The molecule has 1 unspecified atom stereocenters. The highest BCUT2D eigenvalue weighted by atomic mass is 16.6. The second kappa shape index (κ2) is 5.13. The quantitative estimate of drug-likeness (QED) is 0.857. The van der Waals surface area contributed by atoms with Gasteiger partial charge in [0.25, 0.3) is 0 Å². The van der Waals surface area contributed by atoms with Crippen LogP contribution >= 0.6 is 0 Å². The fourth-order valence-electron chi connectivity index (χ4n) is 2.31. The molecule has 1 aromatic carbocycles. The number of fused-ring (bicyclic) bond motifs is 1. The maximum atomic E-state index is 11.7. The van der Waals surface area contributed by atoms with E-state index in [1.807, 2.05) is 12.1 Å². The molecule has 1 aliphatic rings. The molecule has 0 aliphatic carbocycles. The van der Waals surface area contributed by atoms with Crippen LogP contribution in [0.25, 0.3) is 0 Å².